The number of rotatable bonds is 5. The summed E-state index contributed by atoms with van der Waals surface area (Å²) in [5, 5.41) is 9.44. The highest BCUT2D eigenvalue weighted by Crippen LogP contribution is 2.30. The van der Waals surface area contributed by atoms with Crippen LogP contribution in [0.4, 0.5) is 0 Å². The van der Waals surface area contributed by atoms with Crippen LogP contribution >= 0.6 is 0 Å². The van der Waals surface area contributed by atoms with E-state index >= 15 is 0 Å². The first-order chi connectivity index (χ1) is 11.1. The minimum Gasteiger partial charge on any atom is -0.482 e. The summed E-state index contributed by atoms with van der Waals surface area (Å²) >= 11 is 0. The Morgan fingerprint density at radius 2 is 2.00 bits per heavy atom. The number of nitrogens with zero attached hydrogens (tertiary/aromatic N) is 1. The van der Waals surface area contributed by atoms with Crippen LogP contribution in [0.1, 0.15) is 17.3 Å². The number of carbonyl (C=O) groups excluding carboxylic acids is 1. The number of hydrogen-bond acceptors (Lipinski definition) is 4. The molecule has 0 aliphatic rings. The van der Waals surface area contributed by atoms with Crippen molar-refractivity contribution in [3.63, 3.8) is 0 Å². The van der Waals surface area contributed by atoms with Gasteiger partial charge in [-0.05, 0) is 31.2 Å². The van der Waals surface area contributed by atoms with Crippen LogP contribution in [0.3, 0.4) is 0 Å². The van der Waals surface area contributed by atoms with E-state index < -0.39 is 12.6 Å². The fraction of sp³-hybridized carbons (Fsp3) is 0.176. The second-order valence-electron chi connectivity index (χ2n) is 4.91. The molecule has 3 aromatic rings. The Bertz CT molecular complexity index is 897. The van der Waals surface area contributed by atoms with Crippen molar-refractivity contribution in [3.8, 4) is 5.75 Å². The van der Waals surface area contributed by atoms with Crippen molar-refractivity contribution in [1.29, 1.82) is 0 Å². The Kier molecular flexibility index (Phi) is 3.89. The Morgan fingerprint density at radius 3 is 2.74 bits per heavy atom. The molecule has 3 rings (SSSR count). The quantitative estimate of drug-likeness (QED) is 0.733. The van der Waals surface area contributed by atoms with Crippen molar-refractivity contribution >= 4 is 28.4 Å². The summed E-state index contributed by atoms with van der Waals surface area (Å²) in [5.74, 6) is -0.999. The van der Waals surface area contributed by atoms with E-state index in [4.69, 9.17) is 14.6 Å². The van der Waals surface area contributed by atoms with E-state index in [0.717, 1.165) is 16.4 Å². The van der Waals surface area contributed by atoms with E-state index in [0.29, 0.717) is 17.9 Å². The lowest BCUT2D eigenvalue weighted by molar-refractivity contribution is -0.139. The van der Waals surface area contributed by atoms with Gasteiger partial charge in [0.1, 0.15) is 5.75 Å². The average molecular weight is 313 g/mol. The molecule has 0 radical (unpaired) electrons. The molecule has 0 aliphatic heterocycles. The summed E-state index contributed by atoms with van der Waals surface area (Å²) in [7, 11) is 0. The number of carbonyl (C=O) groups is 2. The van der Waals surface area contributed by atoms with Crippen molar-refractivity contribution in [2.24, 2.45) is 0 Å². The van der Waals surface area contributed by atoms with Crippen LogP contribution in [0.25, 0.3) is 16.4 Å². The Labute approximate surface area is 131 Å². The number of ether oxygens (including phenoxy) is 2. The first-order valence-electron chi connectivity index (χ1n) is 7.16. The van der Waals surface area contributed by atoms with Gasteiger partial charge in [-0.15, -0.1) is 0 Å². The largest absolute Gasteiger partial charge is 0.482 e. The third-order valence-electron chi connectivity index (χ3n) is 3.46. The van der Waals surface area contributed by atoms with Gasteiger partial charge in [-0.1, -0.05) is 6.07 Å². The Hall–Kier alpha value is -3.02. The molecule has 0 unspecified atom stereocenters. The van der Waals surface area contributed by atoms with E-state index in [9.17, 15) is 9.59 Å². The molecule has 1 aromatic carbocycles. The van der Waals surface area contributed by atoms with Gasteiger partial charge in [0.05, 0.1) is 23.2 Å². The molecule has 6 heteroatoms. The lowest BCUT2D eigenvalue weighted by Gasteiger charge is -2.04. The van der Waals surface area contributed by atoms with Gasteiger partial charge >= 0.3 is 11.9 Å². The zero-order chi connectivity index (χ0) is 16.4. The molecule has 23 heavy (non-hydrogen) atoms. The summed E-state index contributed by atoms with van der Waals surface area (Å²) in [4.78, 5) is 22.9. The molecule has 0 saturated carbocycles. The highest BCUT2D eigenvalue weighted by atomic mass is 16.5. The fourth-order valence-electron chi connectivity index (χ4n) is 2.57. The van der Waals surface area contributed by atoms with Crippen molar-refractivity contribution < 1.29 is 24.2 Å². The molecule has 6 nitrogen and oxygen atoms in total. The molecule has 0 bridgehead atoms. The zero-order valence-electron chi connectivity index (χ0n) is 12.5. The van der Waals surface area contributed by atoms with Crippen LogP contribution in [0.2, 0.25) is 0 Å². The normalized spacial score (nSPS) is 10.8. The minimum atomic E-state index is -1.04. The van der Waals surface area contributed by atoms with Gasteiger partial charge < -0.3 is 19.0 Å². The lowest BCUT2D eigenvalue weighted by atomic mass is 10.1. The molecule has 0 spiro atoms. The van der Waals surface area contributed by atoms with Crippen LogP contribution in [-0.2, 0) is 9.53 Å². The summed E-state index contributed by atoms with van der Waals surface area (Å²) in [5.41, 5.74) is 1.98. The number of hydrogen-bond donors (Lipinski definition) is 1. The summed E-state index contributed by atoms with van der Waals surface area (Å²) in [6.07, 6.45) is 1.83. The van der Waals surface area contributed by atoms with Crippen LogP contribution in [0.5, 0.6) is 5.75 Å². The van der Waals surface area contributed by atoms with E-state index in [1.807, 2.05) is 28.8 Å². The van der Waals surface area contributed by atoms with Gasteiger partial charge in [0.2, 0.25) is 0 Å². The second kappa shape index (κ2) is 6.00. The van der Waals surface area contributed by atoms with Crippen LogP contribution in [-0.4, -0.2) is 34.7 Å². The molecule has 0 saturated heterocycles. The van der Waals surface area contributed by atoms with Crippen LogP contribution < -0.4 is 4.74 Å². The SMILES string of the molecule is CCOC(=O)c1c2ccc(OCC(=O)O)cc2n2ccccc12. The maximum Gasteiger partial charge on any atom is 0.341 e. The lowest BCUT2D eigenvalue weighted by Crippen LogP contribution is -2.09. The van der Waals surface area contributed by atoms with E-state index in [1.165, 1.54) is 0 Å². The Balaban J connectivity index is 2.18. The number of carboxylic acid groups (broad SMARTS) is 1. The first kappa shape index (κ1) is 14.9. The van der Waals surface area contributed by atoms with Crippen molar-refractivity contribution in [2.75, 3.05) is 13.2 Å². The maximum absolute atomic E-state index is 12.3. The van der Waals surface area contributed by atoms with Crippen molar-refractivity contribution in [3.05, 3.63) is 48.2 Å². The van der Waals surface area contributed by atoms with E-state index in [-0.39, 0.29) is 5.97 Å². The number of pyridine rings is 1. The van der Waals surface area contributed by atoms with E-state index in [1.54, 1.807) is 25.1 Å². The van der Waals surface area contributed by atoms with Crippen LogP contribution in [0.15, 0.2) is 42.6 Å². The van der Waals surface area contributed by atoms with Gasteiger partial charge in [0.25, 0.3) is 0 Å². The molecule has 2 aromatic heterocycles. The van der Waals surface area contributed by atoms with E-state index in [2.05, 4.69) is 0 Å². The maximum atomic E-state index is 12.3. The summed E-state index contributed by atoms with van der Waals surface area (Å²) in [6.45, 7) is 1.64. The number of esters is 1. The summed E-state index contributed by atoms with van der Waals surface area (Å²) < 4.78 is 12.2. The number of aromatic nitrogens is 1. The standard InChI is InChI=1S/C17H15NO5/c1-2-22-17(21)16-12-7-6-11(23-10-15(19)20)9-14(12)18-8-4-3-5-13(16)18/h3-9H,2,10H2,1H3,(H,19,20). The van der Waals surface area contributed by atoms with Gasteiger partial charge in [-0.3, -0.25) is 0 Å². The third kappa shape index (κ3) is 2.70. The highest BCUT2D eigenvalue weighted by molar-refractivity contribution is 6.11. The predicted octanol–water partition coefficient (Wildman–Crippen LogP) is 2.73. The first-order valence-corrected chi connectivity index (χ1v) is 7.16. The van der Waals surface area contributed by atoms with Crippen molar-refractivity contribution in [1.82, 2.24) is 4.40 Å². The monoisotopic (exact) mass is 313 g/mol. The molecule has 1 N–H and O–H groups in total. The highest BCUT2D eigenvalue weighted by Gasteiger charge is 2.19. The van der Waals surface area contributed by atoms with Gasteiger partial charge in [0.15, 0.2) is 6.61 Å². The number of aliphatic carboxylic acids is 1. The smallest absolute Gasteiger partial charge is 0.341 e. The number of carboxylic acids is 1. The molecule has 118 valence electrons. The fourth-order valence-corrected chi connectivity index (χ4v) is 2.57. The Morgan fingerprint density at radius 1 is 1.17 bits per heavy atom. The minimum absolute atomic E-state index is 0.296. The molecule has 0 aliphatic carbocycles. The van der Waals surface area contributed by atoms with Gasteiger partial charge in [-0.25, -0.2) is 9.59 Å². The molecule has 0 atom stereocenters. The second-order valence-corrected chi connectivity index (χ2v) is 4.91. The van der Waals surface area contributed by atoms with Gasteiger partial charge in [-0.2, -0.15) is 0 Å². The van der Waals surface area contributed by atoms with Crippen LogP contribution in [0, 0.1) is 0 Å². The number of benzene rings is 1. The molecular weight excluding hydrogens is 298 g/mol. The summed E-state index contributed by atoms with van der Waals surface area (Å²) in [6, 6.07) is 10.6. The predicted molar refractivity (Wildman–Crippen MR) is 84.0 cm³/mol. The third-order valence-corrected chi connectivity index (χ3v) is 3.46. The topological polar surface area (TPSA) is 77.2 Å². The molecule has 2 heterocycles. The molecule has 0 fully saturated rings. The molecule has 0 amide bonds. The molecular formula is C17H15NO5. The zero-order valence-corrected chi connectivity index (χ0v) is 12.5. The average Bonchev–Trinajstić information content (AvgIpc) is 2.87. The van der Waals surface area contributed by atoms with Crippen molar-refractivity contribution in [2.45, 2.75) is 6.92 Å². The van der Waals surface area contributed by atoms with Gasteiger partial charge in [0, 0.05) is 17.6 Å². The number of fused-ring (bicyclic) bond motifs is 3.